The van der Waals surface area contributed by atoms with E-state index in [4.69, 9.17) is 0 Å². The van der Waals surface area contributed by atoms with E-state index in [-0.39, 0.29) is 17.9 Å². The van der Waals surface area contributed by atoms with E-state index in [1.165, 1.54) is 53.1 Å². The number of fused-ring (bicyclic) bond motifs is 4. The fraction of sp³-hybridized carbons (Fsp3) is 0.400. The van der Waals surface area contributed by atoms with Crippen LogP contribution in [0.2, 0.25) is 0 Å². The average molecular weight is 402 g/mol. The van der Waals surface area contributed by atoms with Gasteiger partial charge in [-0.05, 0) is 91.8 Å². The minimum atomic E-state index is -0.445. The summed E-state index contributed by atoms with van der Waals surface area (Å²) in [5, 5.41) is 0.458. The third kappa shape index (κ3) is 2.95. The second kappa shape index (κ2) is 7.38. The maximum absolute atomic E-state index is 13.5. The Morgan fingerprint density at radius 3 is 2.37 bits per heavy atom. The van der Waals surface area contributed by atoms with Crippen molar-refractivity contribution in [3.8, 4) is 0 Å². The molecular weight excluding hydrogens is 376 g/mol. The Bertz CT molecular complexity index is 1300. The Labute approximate surface area is 175 Å². The number of carbonyl (C=O) groups is 1. The van der Waals surface area contributed by atoms with E-state index >= 15 is 0 Å². The van der Waals surface area contributed by atoms with Crippen LogP contribution in [0.5, 0.6) is 0 Å². The SMILES string of the molecule is Cn1c(=O)c2ccccc2n(CC(=O)c2cc3c(c4c2CCCC4)CCCC3)c1=O. The van der Waals surface area contributed by atoms with Gasteiger partial charge in [0.05, 0.1) is 17.4 Å². The van der Waals surface area contributed by atoms with Gasteiger partial charge in [-0.1, -0.05) is 12.1 Å². The number of nitrogens with zero attached hydrogens (tertiary/aromatic N) is 2. The van der Waals surface area contributed by atoms with Gasteiger partial charge in [-0.15, -0.1) is 0 Å². The molecule has 0 aliphatic heterocycles. The fourth-order valence-corrected chi connectivity index (χ4v) is 5.30. The Morgan fingerprint density at radius 2 is 1.57 bits per heavy atom. The summed E-state index contributed by atoms with van der Waals surface area (Å²) < 4.78 is 2.55. The zero-order valence-electron chi connectivity index (χ0n) is 17.4. The Balaban J connectivity index is 1.64. The normalized spacial score (nSPS) is 15.6. The largest absolute Gasteiger partial charge is 0.331 e. The molecule has 1 heterocycles. The van der Waals surface area contributed by atoms with Gasteiger partial charge in [0.15, 0.2) is 5.78 Å². The van der Waals surface area contributed by atoms with Crippen LogP contribution < -0.4 is 11.2 Å². The van der Waals surface area contributed by atoms with Crippen molar-refractivity contribution >= 4 is 16.7 Å². The van der Waals surface area contributed by atoms with Crippen LogP contribution in [-0.2, 0) is 39.3 Å². The van der Waals surface area contributed by atoms with E-state index in [1.54, 1.807) is 24.3 Å². The first-order valence-corrected chi connectivity index (χ1v) is 10.9. The van der Waals surface area contributed by atoms with Crippen LogP contribution in [0.1, 0.15) is 58.3 Å². The number of rotatable bonds is 3. The Morgan fingerprint density at radius 1 is 0.900 bits per heavy atom. The highest BCUT2D eigenvalue weighted by atomic mass is 16.2. The van der Waals surface area contributed by atoms with Gasteiger partial charge in [-0.3, -0.25) is 18.7 Å². The summed E-state index contributed by atoms with van der Waals surface area (Å²) in [7, 11) is 1.47. The Hall–Kier alpha value is -2.95. The molecule has 5 nitrogen and oxygen atoms in total. The number of carbonyl (C=O) groups excluding carboxylic acids is 1. The van der Waals surface area contributed by atoms with E-state index in [2.05, 4.69) is 6.07 Å². The molecule has 2 aliphatic carbocycles. The van der Waals surface area contributed by atoms with Gasteiger partial charge in [0.25, 0.3) is 5.56 Å². The maximum atomic E-state index is 13.5. The number of hydrogen-bond donors (Lipinski definition) is 0. The molecule has 3 aromatic rings. The number of Topliss-reactive ketones (excluding diaryl/α,β-unsaturated/α-hetero) is 1. The van der Waals surface area contributed by atoms with Gasteiger partial charge in [0.2, 0.25) is 0 Å². The van der Waals surface area contributed by atoms with Crippen molar-refractivity contribution in [3.05, 3.63) is 79.0 Å². The molecule has 2 aromatic carbocycles. The van der Waals surface area contributed by atoms with Crippen LogP contribution in [0.25, 0.3) is 10.9 Å². The summed E-state index contributed by atoms with van der Waals surface area (Å²) in [5.74, 6) is -0.0348. The molecule has 0 saturated heterocycles. The minimum absolute atomic E-state index is 0.0348. The van der Waals surface area contributed by atoms with Gasteiger partial charge in [-0.2, -0.15) is 0 Å². The van der Waals surface area contributed by atoms with Crippen molar-refractivity contribution in [2.24, 2.45) is 7.05 Å². The molecule has 0 fully saturated rings. The van der Waals surface area contributed by atoms with Crippen molar-refractivity contribution in [2.75, 3.05) is 0 Å². The van der Waals surface area contributed by atoms with Crippen LogP contribution in [0.3, 0.4) is 0 Å². The standard InChI is InChI=1S/C25H26N2O3/c1-26-24(29)20-12-6-7-13-22(20)27(25(26)30)15-23(28)21-14-16-8-2-3-9-17(16)18-10-4-5-11-19(18)21/h6-7,12-14H,2-5,8-11,15H2,1H3. The summed E-state index contributed by atoms with van der Waals surface area (Å²) in [6.07, 6.45) is 8.84. The maximum Gasteiger partial charge on any atom is 0.331 e. The molecule has 0 bridgehead atoms. The smallest absolute Gasteiger partial charge is 0.292 e. The first-order valence-electron chi connectivity index (χ1n) is 10.9. The highest BCUT2D eigenvalue weighted by Gasteiger charge is 2.25. The van der Waals surface area contributed by atoms with Crippen molar-refractivity contribution in [1.29, 1.82) is 0 Å². The van der Waals surface area contributed by atoms with Crippen LogP contribution >= 0.6 is 0 Å². The predicted octanol–water partition coefficient (Wildman–Crippen LogP) is 3.34. The third-order valence-corrected chi connectivity index (χ3v) is 6.84. The zero-order valence-corrected chi connectivity index (χ0v) is 17.4. The lowest BCUT2D eigenvalue weighted by Gasteiger charge is -2.27. The highest BCUT2D eigenvalue weighted by Crippen LogP contribution is 2.34. The molecule has 1 aromatic heterocycles. The van der Waals surface area contributed by atoms with E-state index in [9.17, 15) is 14.4 Å². The average Bonchev–Trinajstić information content (AvgIpc) is 2.79. The summed E-state index contributed by atoms with van der Waals surface area (Å²) >= 11 is 0. The van der Waals surface area contributed by atoms with E-state index in [1.807, 2.05) is 0 Å². The number of aromatic nitrogens is 2. The summed E-state index contributed by atoms with van der Waals surface area (Å²) in [6, 6.07) is 9.13. The van der Waals surface area contributed by atoms with E-state index < -0.39 is 5.69 Å². The number of ketones is 1. The van der Waals surface area contributed by atoms with Gasteiger partial charge < -0.3 is 0 Å². The topological polar surface area (TPSA) is 61.1 Å². The predicted molar refractivity (Wildman–Crippen MR) is 118 cm³/mol. The van der Waals surface area contributed by atoms with Crippen molar-refractivity contribution in [1.82, 2.24) is 9.13 Å². The van der Waals surface area contributed by atoms with Crippen molar-refractivity contribution < 1.29 is 4.79 Å². The second-order valence-electron chi connectivity index (χ2n) is 8.61. The molecule has 0 N–H and O–H groups in total. The first kappa shape index (κ1) is 19.0. The fourth-order valence-electron chi connectivity index (χ4n) is 5.30. The number of benzene rings is 2. The lowest BCUT2D eigenvalue weighted by atomic mass is 9.77. The van der Waals surface area contributed by atoms with Crippen molar-refractivity contribution in [3.63, 3.8) is 0 Å². The van der Waals surface area contributed by atoms with Gasteiger partial charge >= 0.3 is 5.69 Å². The molecule has 5 heteroatoms. The molecule has 154 valence electrons. The molecule has 0 spiro atoms. The van der Waals surface area contributed by atoms with Gasteiger partial charge in [0, 0.05) is 12.6 Å². The van der Waals surface area contributed by atoms with Crippen LogP contribution in [0.15, 0.2) is 39.9 Å². The zero-order chi connectivity index (χ0) is 20.8. The molecule has 0 radical (unpaired) electrons. The number of aryl methyl sites for hydroxylation is 1. The van der Waals surface area contributed by atoms with E-state index in [0.717, 1.165) is 42.2 Å². The van der Waals surface area contributed by atoms with Gasteiger partial charge in [0.1, 0.15) is 0 Å². The molecule has 2 aliphatic rings. The first-order chi connectivity index (χ1) is 14.6. The van der Waals surface area contributed by atoms with E-state index in [0.29, 0.717) is 10.9 Å². The van der Waals surface area contributed by atoms with Crippen LogP contribution in [0, 0.1) is 0 Å². The lowest BCUT2D eigenvalue weighted by Crippen LogP contribution is -2.39. The molecule has 0 saturated carbocycles. The number of para-hydroxylation sites is 1. The monoisotopic (exact) mass is 402 g/mol. The third-order valence-electron chi connectivity index (χ3n) is 6.84. The highest BCUT2D eigenvalue weighted by molar-refractivity contribution is 5.99. The molecule has 0 amide bonds. The summed E-state index contributed by atoms with van der Waals surface area (Å²) in [5.41, 5.74) is 5.94. The second-order valence-corrected chi connectivity index (χ2v) is 8.61. The summed E-state index contributed by atoms with van der Waals surface area (Å²) in [6.45, 7) is -0.0430. The van der Waals surface area contributed by atoms with Crippen LogP contribution in [-0.4, -0.2) is 14.9 Å². The summed E-state index contributed by atoms with van der Waals surface area (Å²) in [4.78, 5) is 38.9. The quantitative estimate of drug-likeness (QED) is 0.632. The van der Waals surface area contributed by atoms with Crippen molar-refractivity contribution in [2.45, 2.75) is 57.9 Å². The molecule has 5 rings (SSSR count). The van der Waals surface area contributed by atoms with Crippen LogP contribution in [0.4, 0.5) is 0 Å². The lowest BCUT2D eigenvalue weighted by molar-refractivity contribution is 0.0970. The van der Waals surface area contributed by atoms with Gasteiger partial charge in [-0.25, -0.2) is 4.79 Å². The molecule has 0 atom stereocenters. The Kier molecular flexibility index (Phi) is 4.69. The number of hydrogen-bond acceptors (Lipinski definition) is 3. The minimum Gasteiger partial charge on any atom is -0.292 e. The molecule has 0 unspecified atom stereocenters. The molecular formula is C25H26N2O3. The molecule has 30 heavy (non-hydrogen) atoms.